The van der Waals surface area contributed by atoms with Gasteiger partial charge in [-0.3, -0.25) is 9.48 Å². The van der Waals surface area contributed by atoms with Gasteiger partial charge in [0.2, 0.25) is 0 Å². The van der Waals surface area contributed by atoms with Crippen molar-refractivity contribution in [2.75, 3.05) is 0 Å². The van der Waals surface area contributed by atoms with Crippen LogP contribution in [0.25, 0.3) is 5.69 Å². The SMILES string of the molecule is CCc1nn(C)cc1-n1cc(CC(=O)O)nn1. The van der Waals surface area contributed by atoms with E-state index in [1.807, 2.05) is 20.2 Å². The number of hydrogen-bond acceptors (Lipinski definition) is 4. The average molecular weight is 235 g/mol. The van der Waals surface area contributed by atoms with Crippen molar-refractivity contribution in [1.82, 2.24) is 24.8 Å². The molecule has 2 heterocycles. The largest absolute Gasteiger partial charge is 0.481 e. The van der Waals surface area contributed by atoms with Crippen LogP contribution in [0.1, 0.15) is 18.3 Å². The zero-order valence-electron chi connectivity index (χ0n) is 9.66. The standard InChI is InChI=1S/C10H13N5O2/c1-3-8-9(6-14(2)12-8)15-5-7(11-13-15)4-10(16)17/h5-6H,3-4H2,1-2H3,(H,16,17). The zero-order chi connectivity index (χ0) is 12.4. The number of hydrogen-bond donors (Lipinski definition) is 1. The fraction of sp³-hybridized carbons (Fsp3) is 0.400. The molecule has 90 valence electrons. The number of aliphatic carboxylic acids is 1. The Kier molecular flexibility index (Phi) is 2.90. The lowest BCUT2D eigenvalue weighted by atomic mass is 10.3. The molecule has 2 aromatic heterocycles. The van der Waals surface area contributed by atoms with Crippen molar-refractivity contribution in [3.63, 3.8) is 0 Å². The van der Waals surface area contributed by atoms with Crippen molar-refractivity contribution in [3.05, 3.63) is 23.8 Å². The molecule has 0 radical (unpaired) electrons. The van der Waals surface area contributed by atoms with E-state index in [1.165, 1.54) is 0 Å². The van der Waals surface area contributed by atoms with Gasteiger partial charge in [-0.15, -0.1) is 5.10 Å². The van der Waals surface area contributed by atoms with Crippen LogP contribution in [0, 0.1) is 0 Å². The molecule has 2 rings (SSSR count). The highest BCUT2D eigenvalue weighted by Crippen LogP contribution is 2.12. The summed E-state index contributed by atoms with van der Waals surface area (Å²) in [6.45, 7) is 2.00. The molecular formula is C10H13N5O2. The zero-order valence-corrected chi connectivity index (χ0v) is 9.66. The van der Waals surface area contributed by atoms with Crippen molar-refractivity contribution in [3.8, 4) is 5.69 Å². The third-order valence-electron chi connectivity index (χ3n) is 2.34. The van der Waals surface area contributed by atoms with E-state index in [9.17, 15) is 4.79 Å². The van der Waals surface area contributed by atoms with Crippen LogP contribution in [0.3, 0.4) is 0 Å². The van der Waals surface area contributed by atoms with Gasteiger partial charge < -0.3 is 5.11 Å². The van der Waals surface area contributed by atoms with E-state index in [1.54, 1.807) is 15.6 Å². The maximum atomic E-state index is 10.5. The second kappa shape index (κ2) is 4.36. The van der Waals surface area contributed by atoms with Gasteiger partial charge in [0.15, 0.2) is 0 Å². The third-order valence-corrected chi connectivity index (χ3v) is 2.34. The van der Waals surface area contributed by atoms with Crippen LogP contribution in [-0.4, -0.2) is 35.9 Å². The van der Waals surface area contributed by atoms with E-state index in [0.29, 0.717) is 5.69 Å². The predicted molar refractivity (Wildman–Crippen MR) is 58.8 cm³/mol. The minimum atomic E-state index is -0.918. The molecule has 0 saturated heterocycles. The van der Waals surface area contributed by atoms with Crippen LogP contribution in [0.2, 0.25) is 0 Å². The van der Waals surface area contributed by atoms with Crippen LogP contribution >= 0.6 is 0 Å². The summed E-state index contributed by atoms with van der Waals surface area (Å²) in [6.07, 6.45) is 4.11. The molecule has 0 atom stereocenters. The molecule has 0 spiro atoms. The van der Waals surface area contributed by atoms with E-state index >= 15 is 0 Å². The fourth-order valence-electron chi connectivity index (χ4n) is 1.62. The summed E-state index contributed by atoms with van der Waals surface area (Å²) in [6, 6.07) is 0. The summed E-state index contributed by atoms with van der Waals surface area (Å²) >= 11 is 0. The minimum absolute atomic E-state index is 0.123. The smallest absolute Gasteiger partial charge is 0.309 e. The van der Waals surface area contributed by atoms with Gasteiger partial charge in [0.25, 0.3) is 0 Å². The maximum Gasteiger partial charge on any atom is 0.309 e. The minimum Gasteiger partial charge on any atom is -0.481 e. The van der Waals surface area contributed by atoms with Gasteiger partial charge in [0, 0.05) is 7.05 Å². The second-order valence-electron chi connectivity index (χ2n) is 3.71. The van der Waals surface area contributed by atoms with Gasteiger partial charge in [0.05, 0.1) is 30.2 Å². The molecular weight excluding hydrogens is 222 g/mol. The summed E-state index contributed by atoms with van der Waals surface area (Å²) in [7, 11) is 1.83. The topological polar surface area (TPSA) is 85.8 Å². The van der Waals surface area contributed by atoms with E-state index < -0.39 is 5.97 Å². The Bertz CT molecular complexity index is 543. The Morgan fingerprint density at radius 3 is 2.88 bits per heavy atom. The number of carboxylic acids is 1. The van der Waals surface area contributed by atoms with Crippen molar-refractivity contribution in [2.45, 2.75) is 19.8 Å². The molecule has 0 aromatic carbocycles. The number of carboxylic acid groups (broad SMARTS) is 1. The van der Waals surface area contributed by atoms with Gasteiger partial charge in [0.1, 0.15) is 5.69 Å². The molecule has 0 fully saturated rings. The van der Waals surface area contributed by atoms with E-state index in [-0.39, 0.29) is 6.42 Å². The predicted octanol–water partition coefficient (Wildman–Crippen LogP) is 0.190. The molecule has 7 heteroatoms. The first kappa shape index (κ1) is 11.3. The Balaban J connectivity index is 2.32. The first-order valence-corrected chi connectivity index (χ1v) is 5.26. The number of rotatable bonds is 4. The molecule has 0 aliphatic carbocycles. The van der Waals surface area contributed by atoms with Crippen LogP contribution in [0.5, 0.6) is 0 Å². The monoisotopic (exact) mass is 235 g/mol. The Morgan fingerprint density at radius 1 is 1.47 bits per heavy atom. The fourth-order valence-corrected chi connectivity index (χ4v) is 1.62. The van der Waals surface area contributed by atoms with Crippen LogP contribution in [-0.2, 0) is 24.7 Å². The Hall–Kier alpha value is -2.18. The number of nitrogens with zero attached hydrogens (tertiary/aromatic N) is 5. The van der Waals surface area contributed by atoms with Gasteiger partial charge in [-0.25, -0.2) is 4.68 Å². The molecule has 0 bridgehead atoms. The Labute approximate surface area is 97.7 Å². The van der Waals surface area contributed by atoms with E-state index in [4.69, 9.17) is 5.11 Å². The first-order valence-electron chi connectivity index (χ1n) is 5.26. The van der Waals surface area contributed by atoms with Gasteiger partial charge in [-0.05, 0) is 6.42 Å². The van der Waals surface area contributed by atoms with Gasteiger partial charge in [-0.2, -0.15) is 5.10 Å². The molecule has 17 heavy (non-hydrogen) atoms. The van der Waals surface area contributed by atoms with Crippen LogP contribution in [0.4, 0.5) is 0 Å². The molecule has 2 aromatic rings. The van der Waals surface area contributed by atoms with E-state index in [2.05, 4.69) is 15.4 Å². The van der Waals surface area contributed by atoms with Gasteiger partial charge >= 0.3 is 5.97 Å². The van der Waals surface area contributed by atoms with Crippen molar-refractivity contribution in [2.24, 2.45) is 7.05 Å². The third kappa shape index (κ3) is 2.32. The number of aryl methyl sites for hydroxylation is 2. The molecule has 0 unspecified atom stereocenters. The van der Waals surface area contributed by atoms with Crippen LogP contribution in [0.15, 0.2) is 12.4 Å². The number of carbonyl (C=O) groups is 1. The summed E-state index contributed by atoms with van der Waals surface area (Å²) in [4.78, 5) is 10.5. The molecule has 0 aliphatic rings. The van der Waals surface area contributed by atoms with Crippen molar-refractivity contribution < 1.29 is 9.90 Å². The Morgan fingerprint density at radius 2 is 2.24 bits per heavy atom. The van der Waals surface area contributed by atoms with Crippen molar-refractivity contribution >= 4 is 5.97 Å². The summed E-state index contributed by atoms with van der Waals surface area (Å²) in [5, 5.41) is 20.7. The van der Waals surface area contributed by atoms with Crippen molar-refractivity contribution in [1.29, 1.82) is 0 Å². The lowest BCUT2D eigenvalue weighted by Gasteiger charge is -1.96. The highest BCUT2D eigenvalue weighted by Gasteiger charge is 2.11. The summed E-state index contributed by atoms with van der Waals surface area (Å²) < 4.78 is 3.26. The highest BCUT2D eigenvalue weighted by atomic mass is 16.4. The normalized spacial score (nSPS) is 10.7. The maximum absolute atomic E-state index is 10.5. The molecule has 7 nitrogen and oxygen atoms in total. The lowest BCUT2D eigenvalue weighted by molar-refractivity contribution is -0.136. The van der Waals surface area contributed by atoms with E-state index in [0.717, 1.165) is 17.8 Å². The molecule has 1 N–H and O–H groups in total. The first-order chi connectivity index (χ1) is 8.10. The molecule has 0 amide bonds. The quantitative estimate of drug-likeness (QED) is 0.817. The van der Waals surface area contributed by atoms with Crippen LogP contribution < -0.4 is 0 Å². The summed E-state index contributed by atoms with van der Waals surface area (Å²) in [5.41, 5.74) is 2.17. The van der Waals surface area contributed by atoms with Gasteiger partial charge in [-0.1, -0.05) is 12.1 Å². The second-order valence-corrected chi connectivity index (χ2v) is 3.71. The molecule has 0 saturated carbocycles. The highest BCUT2D eigenvalue weighted by molar-refractivity contribution is 5.69. The number of aromatic nitrogens is 5. The average Bonchev–Trinajstić information content (AvgIpc) is 2.83. The summed E-state index contributed by atoms with van der Waals surface area (Å²) in [5.74, 6) is -0.918. The lowest BCUT2D eigenvalue weighted by Crippen LogP contribution is -2.00. The molecule has 0 aliphatic heterocycles.